The summed E-state index contributed by atoms with van der Waals surface area (Å²) in [6.45, 7) is 0. The normalized spacial score (nSPS) is 14.0. The third-order valence-electron chi connectivity index (χ3n) is 3.95. The van der Waals surface area contributed by atoms with Gasteiger partial charge in [0.05, 0.1) is 5.56 Å². The summed E-state index contributed by atoms with van der Waals surface area (Å²) in [4.78, 5) is 24.9. The fourth-order valence-electron chi connectivity index (χ4n) is 2.86. The molecule has 1 aromatic heterocycles. The van der Waals surface area contributed by atoms with Crippen molar-refractivity contribution in [3.05, 3.63) is 51.7 Å². The number of nitrogens with one attached hydrogen (secondary N) is 1. The number of thiophene rings is 1. The molecule has 0 saturated heterocycles. The van der Waals surface area contributed by atoms with Gasteiger partial charge >= 0.3 is 5.97 Å². The lowest BCUT2D eigenvalue weighted by Gasteiger charge is -2.06. The number of carboxylic acid groups (broad SMARTS) is 1. The molecule has 120 valence electrons. The van der Waals surface area contributed by atoms with Gasteiger partial charge in [0.2, 0.25) is 0 Å². The van der Waals surface area contributed by atoms with E-state index in [2.05, 4.69) is 5.32 Å². The van der Waals surface area contributed by atoms with E-state index in [1.165, 1.54) is 29.5 Å². The number of amides is 1. The smallest absolute Gasteiger partial charge is 0.339 e. The van der Waals surface area contributed by atoms with Gasteiger partial charge in [-0.25, -0.2) is 9.18 Å². The Hall–Kier alpha value is -2.21. The highest BCUT2D eigenvalue weighted by atomic mass is 32.1. The maximum atomic E-state index is 13.2. The van der Waals surface area contributed by atoms with Crippen LogP contribution in [0.1, 0.15) is 50.4 Å². The number of aromatic carboxylic acids is 1. The number of aryl methyl sites for hydroxylation is 1. The number of carbonyl (C=O) groups excluding carboxylic acids is 1. The zero-order valence-corrected chi connectivity index (χ0v) is 13.2. The van der Waals surface area contributed by atoms with Crippen molar-refractivity contribution in [3.8, 4) is 0 Å². The zero-order chi connectivity index (χ0) is 16.4. The Morgan fingerprint density at radius 1 is 1.17 bits per heavy atom. The number of carbonyl (C=O) groups is 2. The highest BCUT2D eigenvalue weighted by molar-refractivity contribution is 7.17. The first-order valence-corrected chi connectivity index (χ1v) is 8.32. The first-order chi connectivity index (χ1) is 11.1. The third kappa shape index (κ3) is 3.27. The highest BCUT2D eigenvalue weighted by Crippen LogP contribution is 2.37. The molecule has 0 bridgehead atoms. The molecule has 1 aliphatic rings. The third-order valence-corrected chi connectivity index (χ3v) is 5.16. The number of anilines is 1. The van der Waals surface area contributed by atoms with Crippen LogP contribution in [0.15, 0.2) is 24.3 Å². The summed E-state index contributed by atoms with van der Waals surface area (Å²) in [5.74, 6) is -2.03. The van der Waals surface area contributed by atoms with Gasteiger partial charge in [-0.1, -0.05) is 12.5 Å². The second kappa shape index (κ2) is 6.50. The van der Waals surface area contributed by atoms with Crippen molar-refractivity contribution < 1.29 is 19.1 Å². The van der Waals surface area contributed by atoms with Gasteiger partial charge in [0.15, 0.2) is 0 Å². The maximum absolute atomic E-state index is 13.2. The number of halogens is 1. The van der Waals surface area contributed by atoms with Crippen LogP contribution in [0.3, 0.4) is 0 Å². The molecular formula is C17H16FNO3S. The minimum absolute atomic E-state index is 0.171. The Kier molecular flexibility index (Phi) is 4.43. The Bertz CT molecular complexity index is 769. The molecule has 0 spiro atoms. The molecule has 1 amide bonds. The fourth-order valence-corrected chi connectivity index (χ4v) is 4.14. The Morgan fingerprint density at radius 2 is 1.96 bits per heavy atom. The van der Waals surface area contributed by atoms with Crippen molar-refractivity contribution in [3.63, 3.8) is 0 Å². The van der Waals surface area contributed by atoms with Gasteiger partial charge in [-0.15, -0.1) is 11.3 Å². The molecular weight excluding hydrogens is 317 g/mol. The lowest BCUT2D eigenvalue weighted by atomic mass is 10.1. The minimum Gasteiger partial charge on any atom is -0.478 e. The van der Waals surface area contributed by atoms with E-state index in [0.717, 1.165) is 48.6 Å². The monoisotopic (exact) mass is 333 g/mol. The van der Waals surface area contributed by atoms with E-state index in [0.29, 0.717) is 5.00 Å². The van der Waals surface area contributed by atoms with Crippen LogP contribution in [0.2, 0.25) is 0 Å². The highest BCUT2D eigenvalue weighted by Gasteiger charge is 2.25. The van der Waals surface area contributed by atoms with Gasteiger partial charge in [0.25, 0.3) is 5.91 Å². The number of hydrogen-bond acceptors (Lipinski definition) is 3. The second-order valence-corrected chi connectivity index (χ2v) is 6.64. The van der Waals surface area contributed by atoms with Crippen molar-refractivity contribution in [1.82, 2.24) is 0 Å². The summed E-state index contributed by atoms with van der Waals surface area (Å²) >= 11 is 1.32. The van der Waals surface area contributed by atoms with Crippen LogP contribution >= 0.6 is 11.3 Å². The van der Waals surface area contributed by atoms with E-state index in [1.807, 2.05) is 0 Å². The molecule has 0 unspecified atom stereocenters. The number of fused-ring (bicyclic) bond motifs is 1. The molecule has 1 heterocycles. The number of benzene rings is 1. The predicted octanol–water partition coefficient (Wildman–Crippen LogP) is 4.11. The molecule has 1 aliphatic carbocycles. The molecule has 0 aliphatic heterocycles. The first-order valence-electron chi connectivity index (χ1n) is 7.51. The lowest BCUT2D eigenvalue weighted by molar-refractivity contribution is 0.0697. The van der Waals surface area contributed by atoms with Gasteiger partial charge in [0, 0.05) is 10.4 Å². The van der Waals surface area contributed by atoms with Crippen LogP contribution in [0.5, 0.6) is 0 Å². The van der Waals surface area contributed by atoms with Crippen molar-refractivity contribution in [2.24, 2.45) is 0 Å². The number of carboxylic acids is 1. The van der Waals surface area contributed by atoms with Gasteiger partial charge in [-0.3, -0.25) is 4.79 Å². The Balaban J connectivity index is 1.93. The number of hydrogen-bond donors (Lipinski definition) is 2. The minimum atomic E-state index is -1.03. The van der Waals surface area contributed by atoms with E-state index >= 15 is 0 Å². The van der Waals surface area contributed by atoms with Crippen molar-refractivity contribution >= 4 is 28.2 Å². The van der Waals surface area contributed by atoms with E-state index in [4.69, 9.17) is 0 Å². The molecule has 1 aromatic carbocycles. The molecule has 2 N–H and O–H groups in total. The average molecular weight is 333 g/mol. The van der Waals surface area contributed by atoms with Gasteiger partial charge in [-0.05, 0) is 49.4 Å². The van der Waals surface area contributed by atoms with Crippen LogP contribution in [0, 0.1) is 5.82 Å². The summed E-state index contributed by atoms with van der Waals surface area (Å²) in [5, 5.41) is 12.5. The Labute approximate surface area is 137 Å². The summed E-state index contributed by atoms with van der Waals surface area (Å²) in [6.07, 6.45) is 4.65. The SMILES string of the molecule is O=C(Nc1sc2c(c1C(=O)O)CCCCC2)c1cccc(F)c1. The second-order valence-electron chi connectivity index (χ2n) is 5.54. The molecule has 0 atom stereocenters. The van der Waals surface area contributed by atoms with Crippen molar-refractivity contribution in [2.45, 2.75) is 32.1 Å². The van der Waals surface area contributed by atoms with E-state index in [-0.39, 0.29) is 11.1 Å². The maximum Gasteiger partial charge on any atom is 0.339 e. The van der Waals surface area contributed by atoms with E-state index < -0.39 is 17.7 Å². The lowest BCUT2D eigenvalue weighted by Crippen LogP contribution is -2.14. The molecule has 0 radical (unpaired) electrons. The zero-order valence-electron chi connectivity index (χ0n) is 12.4. The molecule has 3 rings (SSSR count). The molecule has 23 heavy (non-hydrogen) atoms. The fraction of sp³-hybridized carbons (Fsp3) is 0.294. The summed E-state index contributed by atoms with van der Waals surface area (Å²) in [6, 6.07) is 5.34. The van der Waals surface area contributed by atoms with Crippen LogP contribution in [-0.2, 0) is 12.8 Å². The average Bonchev–Trinajstić information content (AvgIpc) is 2.69. The van der Waals surface area contributed by atoms with Crippen LogP contribution in [0.25, 0.3) is 0 Å². The van der Waals surface area contributed by atoms with Gasteiger partial charge < -0.3 is 10.4 Å². The predicted molar refractivity (Wildman–Crippen MR) is 86.9 cm³/mol. The van der Waals surface area contributed by atoms with E-state index in [9.17, 15) is 19.1 Å². The number of rotatable bonds is 3. The Morgan fingerprint density at radius 3 is 2.70 bits per heavy atom. The quantitative estimate of drug-likeness (QED) is 0.831. The van der Waals surface area contributed by atoms with Gasteiger partial charge in [-0.2, -0.15) is 0 Å². The van der Waals surface area contributed by atoms with Crippen LogP contribution < -0.4 is 5.32 Å². The first kappa shape index (κ1) is 15.7. The van der Waals surface area contributed by atoms with Crippen LogP contribution in [-0.4, -0.2) is 17.0 Å². The molecule has 0 fully saturated rings. The molecule has 6 heteroatoms. The van der Waals surface area contributed by atoms with Crippen molar-refractivity contribution in [2.75, 3.05) is 5.32 Å². The summed E-state index contributed by atoms with van der Waals surface area (Å²) in [5.41, 5.74) is 1.20. The van der Waals surface area contributed by atoms with Crippen molar-refractivity contribution in [1.29, 1.82) is 0 Å². The molecule has 0 saturated carbocycles. The van der Waals surface area contributed by atoms with Crippen LogP contribution in [0.4, 0.5) is 9.39 Å². The largest absolute Gasteiger partial charge is 0.478 e. The topological polar surface area (TPSA) is 66.4 Å². The van der Waals surface area contributed by atoms with Gasteiger partial charge in [0.1, 0.15) is 10.8 Å². The molecule has 2 aromatic rings. The standard InChI is InChI=1S/C17H16FNO3S/c18-11-6-4-5-10(9-11)15(20)19-16-14(17(21)22)12-7-2-1-3-8-13(12)23-16/h4-6,9H,1-3,7-8H2,(H,19,20)(H,21,22). The molecule has 4 nitrogen and oxygen atoms in total. The summed E-state index contributed by atoms with van der Waals surface area (Å²) in [7, 11) is 0. The van der Waals surface area contributed by atoms with E-state index in [1.54, 1.807) is 0 Å². The summed E-state index contributed by atoms with van der Waals surface area (Å²) < 4.78 is 13.2.